The van der Waals surface area contributed by atoms with Gasteiger partial charge in [-0.2, -0.15) is 13.2 Å². The molecule has 33 heavy (non-hydrogen) atoms. The van der Waals surface area contributed by atoms with Crippen molar-refractivity contribution in [1.29, 1.82) is 0 Å². The van der Waals surface area contributed by atoms with Crippen LogP contribution in [0.15, 0.2) is 36.4 Å². The minimum atomic E-state index is -5.49. The van der Waals surface area contributed by atoms with E-state index in [-0.39, 0.29) is 22.1 Å². The second-order valence-electron chi connectivity index (χ2n) is 6.64. The number of amides is 4. The lowest BCUT2D eigenvalue weighted by Gasteiger charge is -2.30. The van der Waals surface area contributed by atoms with E-state index < -0.39 is 46.8 Å². The number of hydrogen-bond donors (Lipinski definition) is 2. The van der Waals surface area contributed by atoms with Crippen LogP contribution in [0.5, 0.6) is 17.2 Å². The first-order chi connectivity index (χ1) is 15.5. The Hall–Kier alpha value is -4.03. The van der Waals surface area contributed by atoms with Gasteiger partial charge in [0.05, 0.1) is 27.0 Å². The molecule has 4 amide bonds. The highest BCUT2D eigenvalue weighted by molar-refractivity contribution is 6.24. The van der Waals surface area contributed by atoms with Gasteiger partial charge in [0, 0.05) is 5.56 Å². The molecule has 0 aromatic heterocycles. The number of para-hydroxylation sites is 1. The molecular weight excluding hydrogens is 454 g/mol. The van der Waals surface area contributed by atoms with Crippen LogP contribution in [0.25, 0.3) is 0 Å². The number of carbonyl (C=O) groups excluding carboxylic acids is 3. The van der Waals surface area contributed by atoms with Crippen LogP contribution < -0.4 is 29.7 Å². The Labute approximate surface area is 184 Å². The third kappa shape index (κ3) is 3.85. The Morgan fingerprint density at radius 1 is 1.03 bits per heavy atom. The van der Waals surface area contributed by atoms with Crippen molar-refractivity contribution in [2.24, 2.45) is 0 Å². The lowest BCUT2D eigenvalue weighted by Crippen LogP contribution is -2.69. The highest BCUT2D eigenvalue weighted by Gasteiger charge is 2.69. The van der Waals surface area contributed by atoms with E-state index in [1.54, 1.807) is 0 Å². The van der Waals surface area contributed by atoms with Crippen molar-refractivity contribution in [3.8, 4) is 17.2 Å². The van der Waals surface area contributed by atoms with Gasteiger partial charge in [-0.3, -0.25) is 14.9 Å². The number of benzene rings is 2. The number of carbonyl (C=O) groups is 3. The molecule has 0 radical (unpaired) electrons. The van der Waals surface area contributed by atoms with Gasteiger partial charge in [0.25, 0.3) is 17.5 Å². The molecule has 3 rings (SSSR count). The van der Waals surface area contributed by atoms with Gasteiger partial charge in [0.15, 0.2) is 11.5 Å². The van der Waals surface area contributed by atoms with Crippen molar-refractivity contribution in [2.75, 3.05) is 26.2 Å². The summed E-state index contributed by atoms with van der Waals surface area (Å²) in [7, 11) is 3.73. The molecule has 9 nitrogen and oxygen atoms in total. The summed E-state index contributed by atoms with van der Waals surface area (Å²) in [5, 5.41) is 2.97. The first kappa shape index (κ1) is 23.6. The number of nitrogens with zero attached hydrogens (tertiary/aromatic N) is 1. The molecule has 0 unspecified atom stereocenters. The number of urea groups is 1. The van der Waals surface area contributed by atoms with Gasteiger partial charge in [0.1, 0.15) is 5.82 Å². The zero-order valence-electron chi connectivity index (χ0n) is 17.4. The third-order valence-electron chi connectivity index (χ3n) is 4.77. The Bertz CT molecular complexity index is 1100. The van der Waals surface area contributed by atoms with Gasteiger partial charge in [-0.15, -0.1) is 0 Å². The van der Waals surface area contributed by atoms with Gasteiger partial charge in [0.2, 0.25) is 5.75 Å². The molecule has 176 valence electrons. The van der Waals surface area contributed by atoms with E-state index in [4.69, 9.17) is 14.2 Å². The van der Waals surface area contributed by atoms with Gasteiger partial charge in [-0.25, -0.2) is 14.1 Å². The first-order valence-electron chi connectivity index (χ1n) is 9.11. The summed E-state index contributed by atoms with van der Waals surface area (Å²) in [5.74, 6) is -4.48. The summed E-state index contributed by atoms with van der Waals surface area (Å²) in [6.45, 7) is 0. The normalized spacial score (nSPS) is 18.1. The molecular formula is C20H17F4N3O6. The Morgan fingerprint density at radius 2 is 1.61 bits per heavy atom. The zero-order chi connectivity index (χ0) is 24.6. The molecule has 2 aromatic rings. The van der Waals surface area contributed by atoms with E-state index in [2.05, 4.69) is 0 Å². The standard InChI is InChI=1S/C20H17F4N3O6/c1-31-13-8-10(9-14(32-2)15(13)33-3)16(28)25-19(20(22,23)24)17(29)27(18(30)26-19)12-7-5-4-6-11(12)21/h4-9H,1-3H3,(H,25,28)(H,26,30)/t19-/m1/s1. The van der Waals surface area contributed by atoms with Crippen molar-refractivity contribution < 1.29 is 46.2 Å². The molecule has 1 atom stereocenters. The largest absolute Gasteiger partial charge is 0.493 e. The van der Waals surface area contributed by atoms with Crippen LogP contribution in [0.1, 0.15) is 10.4 Å². The Balaban J connectivity index is 2.06. The number of methoxy groups -OCH3 is 3. The molecule has 1 fully saturated rings. The van der Waals surface area contributed by atoms with Crippen molar-refractivity contribution in [3.05, 3.63) is 47.8 Å². The predicted molar refractivity (Wildman–Crippen MR) is 105 cm³/mol. The quantitative estimate of drug-likeness (QED) is 0.496. The highest BCUT2D eigenvalue weighted by atomic mass is 19.4. The Morgan fingerprint density at radius 3 is 2.09 bits per heavy atom. The zero-order valence-corrected chi connectivity index (χ0v) is 17.4. The molecule has 1 heterocycles. The van der Waals surface area contributed by atoms with Crippen molar-refractivity contribution >= 4 is 23.5 Å². The van der Waals surface area contributed by atoms with Gasteiger partial charge in [-0.1, -0.05) is 12.1 Å². The molecule has 0 bridgehead atoms. The van der Waals surface area contributed by atoms with Gasteiger partial charge in [-0.05, 0) is 24.3 Å². The second-order valence-corrected chi connectivity index (χ2v) is 6.64. The molecule has 0 saturated carbocycles. The summed E-state index contributed by atoms with van der Waals surface area (Å²) in [6.07, 6.45) is -5.49. The molecule has 2 N–H and O–H groups in total. The fourth-order valence-electron chi connectivity index (χ4n) is 3.18. The number of ether oxygens (including phenoxy) is 3. The highest BCUT2D eigenvalue weighted by Crippen LogP contribution is 2.40. The summed E-state index contributed by atoms with van der Waals surface area (Å²) in [4.78, 5) is 37.9. The fourth-order valence-corrected chi connectivity index (χ4v) is 3.18. The molecule has 2 aromatic carbocycles. The second kappa shape index (κ2) is 8.48. The topological polar surface area (TPSA) is 106 Å². The smallest absolute Gasteiger partial charge is 0.440 e. The minimum absolute atomic E-state index is 0.0295. The summed E-state index contributed by atoms with van der Waals surface area (Å²) in [6, 6.07) is 4.78. The summed E-state index contributed by atoms with van der Waals surface area (Å²) in [5.41, 5.74) is -4.98. The van der Waals surface area contributed by atoms with Gasteiger partial charge < -0.3 is 19.5 Å². The lowest BCUT2D eigenvalue weighted by molar-refractivity contribution is -0.197. The van der Waals surface area contributed by atoms with Crippen molar-refractivity contribution in [1.82, 2.24) is 10.6 Å². The third-order valence-corrected chi connectivity index (χ3v) is 4.77. The maximum atomic E-state index is 14.1. The summed E-state index contributed by atoms with van der Waals surface area (Å²) < 4.78 is 71.6. The van der Waals surface area contributed by atoms with E-state index in [0.717, 1.165) is 24.3 Å². The number of nitrogens with one attached hydrogen (secondary N) is 2. The van der Waals surface area contributed by atoms with Crippen LogP contribution in [-0.2, 0) is 4.79 Å². The minimum Gasteiger partial charge on any atom is -0.493 e. The van der Waals surface area contributed by atoms with Crippen molar-refractivity contribution in [3.63, 3.8) is 0 Å². The van der Waals surface area contributed by atoms with E-state index >= 15 is 0 Å². The average molecular weight is 471 g/mol. The number of rotatable bonds is 6. The van der Waals surface area contributed by atoms with Gasteiger partial charge >= 0.3 is 12.2 Å². The first-order valence-corrected chi connectivity index (χ1v) is 9.11. The number of halogens is 4. The maximum absolute atomic E-state index is 14.1. The SMILES string of the molecule is COc1cc(C(=O)N[C@@]2(C(F)(F)F)NC(=O)N(c3ccccc3F)C2=O)cc(OC)c1OC. The van der Waals surface area contributed by atoms with Crippen LogP contribution in [0.3, 0.4) is 0 Å². The molecule has 1 saturated heterocycles. The number of alkyl halides is 3. The van der Waals surface area contributed by atoms with Crippen LogP contribution in [-0.4, -0.2) is 51.0 Å². The molecule has 1 aliphatic heterocycles. The van der Waals surface area contributed by atoms with Crippen molar-refractivity contribution in [2.45, 2.75) is 11.8 Å². The Kier molecular flexibility index (Phi) is 6.07. The fraction of sp³-hybridized carbons (Fsp3) is 0.250. The van der Waals surface area contributed by atoms with E-state index in [0.29, 0.717) is 0 Å². The maximum Gasteiger partial charge on any atom is 0.440 e. The average Bonchev–Trinajstić information content (AvgIpc) is 3.03. The summed E-state index contributed by atoms with van der Waals surface area (Å²) >= 11 is 0. The van der Waals surface area contributed by atoms with E-state index in [9.17, 15) is 31.9 Å². The van der Waals surface area contributed by atoms with Crippen LogP contribution in [0, 0.1) is 5.82 Å². The lowest BCUT2D eigenvalue weighted by atomic mass is 10.1. The molecule has 1 aliphatic rings. The number of anilines is 1. The van der Waals surface area contributed by atoms with Crippen LogP contribution in [0.4, 0.5) is 28.0 Å². The van der Waals surface area contributed by atoms with Crippen LogP contribution >= 0.6 is 0 Å². The molecule has 13 heteroatoms. The molecule has 0 aliphatic carbocycles. The predicted octanol–water partition coefficient (Wildman–Crippen LogP) is 2.60. The monoisotopic (exact) mass is 471 g/mol. The van der Waals surface area contributed by atoms with Crippen LogP contribution in [0.2, 0.25) is 0 Å². The molecule has 0 spiro atoms. The van der Waals surface area contributed by atoms with E-state index in [1.807, 2.05) is 0 Å². The number of imide groups is 1. The van der Waals surface area contributed by atoms with E-state index in [1.165, 1.54) is 44.1 Å². The number of hydrogen-bond acceptors (Lipinski definition) is 6.